The molecule has 1 aromatic heterocycles. The summed E-state index contributed by atoms with van der Waals surface area (Å²) in [5.74, 6) is 0. The van der Waals surface area contributed by atoms with Crippen molar-refractivity contribution in [1.82, 2.24) is 4.98 Å². The van der Waals surface area contributed by atoms with Crippen molar-refractivity contribution in [2.75, 3.05) is 6.61 Å². The van der Waals surface area contributed by atoms with E-state index in [0.717, 1.165) is 6.42 Å². The van der Waals surface area contributed by atoms with Crippen LogP contribution in [0.2, 0.25) is 0 Å². The summed E-state index contributed by atoms with van der Waals surface area (Å²) in [4.78, 5) is 12.5. The fourth-order valence-corrected chi connectivity index (χ4v) is 1.62. The maximum absolute atomic E-state index is 9.18. The number of carbonyl (C=O) groups is 1. The summed E-state index contributed by atoms with van der Waals surface area (Å²) in [6.45, 7) is 6.93. The van der Waals surface area contributed by atoms with Gasteiger partial charge in [0.2, 0.25) is 0 Å². The average Bonchev–Trinajstić information content (AvgIpc) is 2.69. The quantitative estimate of drug-likeness (QED) is 0.827. The maximum atomic E-state index is 9.18. The van der Waals surface area contributed by atoms with E-state index in [1.807, 2.05) is 0 Å². The summed E-state index contributed by atoms with van der Waals surface area (Å²) in [5, 5.41) is 1.33. The van der Waals surface area contributed by atoms with Crippen LogP contribution in [0.25, 0.3) is 10.9 Å². The van der Waals surface area contributed by atoms with E-state index in [9.17, 15) is 4.79 Å². The van der Waals surface area contributed by atoms with Crippen molar-refractivity contribution in [3.8, 4) is 0 Å². The molecule has 3 nitrogen and oxygen atoms in total. The number of fused-ring (bicyclic) bond motifs is 1. The van der Waals surface area contributed by atoms with E-state index in [1.165, 1.54) is 22.2 Å². The molecule has 0 aliphatic rings. The van der Waals surface area contributed by atoms with E-state index in [4.69, 9.17) is 0 Å². The Labute approximate surface area is 102 Å². The first kappa shape index (κ1) is 13.3. The average molecular weight is 233 g/mol. The Morgan fingerprint density at radius 3 is 2.59 bits per heavy atom. The molecule has 17 heavy (non-hydrogen) atoms. The lowest BCUT2D eigenvalue weighted by atomic mass is 10.1. The van der Waals surface area contributed by atoms with Gasteiger partial charge in [-0.05, 0) is 49.4 Å². The minimum absolute atomic E-state index is 0.431. The third-order valence-corrected chi connectivity index (χ3v) is 2.46. The maximum Gasteiger partial charge on any atom is 0.293 e. The number of benzene rings is 1. The van der Waals surface area contributed by atoms with Crippen molar-refractivity contribution in [3.05, 3.63) is 35.5 Å². The number of aryl methyl sites for hydroxylation is 2. The lowest BCUT2D eigenvalue weighted by Crippen LogP contribution is -1.80. The molecule has 0 saturated carbocycles. The topological polar surface area (TPSA) is 42.1 Å². The molecule has 0 unspecified atom stereocenters. The number of aromatic nitrogens is 1. The zero-order valence-corrected chi connectivity index (χ0v) is 10.6. The van der Waals surface area contributed by atoms with Crippen LogP contribution in [-0.4, -0.2) is 18.1 Å². The van der Waals surface area contributed by atoms with Gasteiger partial charge in [0, 0.05) is 11.2 Å². The molecule has 92 valence electrons. The summed E-state index contributed by atoms with van der Waals surface area (Å²) in [5.41, 5.74) is 3.88. The highest BCUT2D eigenvalue weighted by Gasteiger charge is 1.97. The molecule has 2 aromatic rings. The largest absolute Gasteiger partial charge is 0.468 e. The molecule has 1 heterocycles. The van der Waals surface area contributed by atoms with Gasteiger partial charge in [0.15, 0.2) is 0 Å². The second kappa shape index (κ2) is 6.74. The van der Waals surface area contributed by atoms with E-state index in [0.29, 0.717) is 13.1 Å². The highest BCUT2D eigenvalue weighted by molar-refractivity contribution is 5.81. The van der Waals surface area contributed by atoms with Gasteiger partial charge in [0.05, 0.1) is 6.61 Å². The lowest BCUT2D eigenvalue weighted by Gasteiger charge is -1.94. The van der Waals surface area contributed by atoms with Gasteiger partial charge in [-0.25, -0.2) is 0 Å². The van der Waals surface area contributed by atoms with Crippen LogP contribution in [0.1, 0.15) is 25.1 Å². The molecular formula is C14H19NO2. The minimum Gasteiger partial charge on any atom is -0.468 e. The van der Waals surface area contributed by atoms with Gasteiger partial charge in [0.25, 0.3) is 6.47 Å². The van der Waals surface area contributed by atoms with Crippen molar-refractivity contribution < 1.29 is 9.53 Å². The van der Waals surface area contributed by atoms with Crippen LogP contribution in [0.4, 0.5) is 0 Å². The first-order chi connectivity index (χ1) is 8.21. The standard InChI is InChI=1S/C11H13N.C3H6O2/c1-3-9-4-5-11-10(7-9)6-8(2)12-11;1-2-5-3-4/h4-7,12H,3H2,1-2H3;3H,2H2,1H3. The normalized spacial score (nSPS) is 9.59. The van der Waals surface area contributed by atoms with E-state index in [-0.39, 0.29) is 0 Å². The highest BCUT2D eigenvalue weighted by atomic mass is 16.5. The van der Waals surface area contributed by atoms with Gasteiger partial charge in [0.1, 0.15) is 0 Å². The summed E-state index contributed by atoms with van der Waals surface area (Å²) >= 11 is 0. The van der Waals surface area contributed by atoms with Crippen molar-refractivity contribution in [3.63, 3.8) is 0 Å². The van der Waals surface area contributed by atoms with Crippen LogP contribution in [0, 0.1) is 6.92 Å². The fourth-order valence-electron chi connectivity index (χ4n) is 1.62. The highest BCUT2D eigenvalue weighted by Crippen LogP contribution is 2.16. The molecule has 0 saturated heterocycles. The third kappa shape index (κ3) is 3.94. The molecule has 0 atom stereocenters. The number of aromatic amines is 1. The first-order valence-electron chi connectivity index (χ1n) is 5.84. The summed E-state index contributed by atoms with van der Waals surface area (Å²) in [6.07, 6.45) is 1.11. The Balaban J connectivity index is 0.000000249. The second-order valence-corrected chi connectivity index (χ2v) is 3.78. The number of hydrogen-bond acceptors (Lipinski definition) is 2. The second-order valence-electron chi connectivity index (χ2n) is 3.78. The molecule has 0 radical (unpaired) electrons. The zero-order valence-electron chi connectivity index (χ0n) is 10.6. The Morgan fingerprint density at radius 1 is 1.29 bits per heavy atom. The summed E-state index contributed by atoms with van der Waals surface area (Å²) in [7, 11) is 0. The molecule has 0 spiro atoms. The molecule has 0 fully saturated rings. The smallest absolute Gasteiger partial charge is 0.293 e. The molecule has 0 aliphatic carbocycles. The van der Waals surface area contributed by atoms with Crippen LogP contribution in [0.3, 0.4) is 0 Å². The summed E-state index contributed by atoms with van der Waals surface area (Å²) in [6, 6.07) is 8.77. The Kier molecular flexibility index (Phi) is 5.27. The SMILES string of the molecule is CCOC=O.CCc1ccc2[nH]c(C)cc2c1. The van der Waals surface area contributed by atoms with E-state index in [1.54, 1.807) is 6.92 Å². The van der Waals surface area contributed by atoms with Crippen molar-refractivity contribution in [2.24, 2.45) is 0 Å². The number of carbonyl (C=O) groups excluding carboxylic acids is 1. The fraction of sp³-hybridized carbons (Fsp3) is 0.357. The Morgan fingerprint density at radius 2 is 2.06 bits per heavy atom. The van der Waals surface area contributed by atoms with Gasteiger partial charge >= 0.3 is 0 Å². The molecule has 1 aromatic carbocycles. The molecular weight excluding hydrogens is 214 g/mol. The number of rotatable bonds is 3. The lowest BCUT2D eigenvalue weighted by molar-refractivity contribution is -0.128. The molecule has 0 amide bonds. The van der Waals surface area contributed by atoms with Gasteiger partial charge in [-0.15, -0.1) is 0 Å². The van der Waals surface area contributed by atoms with Crippen LogP contribution in [0.5, 0.6) is 0 Å². The van der Waals surface area contributed by atoms with Crippen LogP contribution in [0.15, 0.2) is 24.3 Å². The van der Waals surface area contributed by atoms with Crippen molar-refractivity contribution >= 4 is 17.4 Å². The number of hydrogen-bond donors (Lipinski definition) is 1. The Bertz CT molecular complexity index is 474. The number of H-pyrrole nitrogens is 1. The molecule has 0 aliphatic heterocycles. The van der Waals surface area contributed by atoms with Crippen LogP contribution >= 0.6 is 0 Å². The van der Waals surface area contributed by atoms with Crippen molar-refractivity contribution in [2.45, 2.75) is 27.2 Å². The summed E-state index contributed by atoms with van der Waals surface area (Å²) < 4.78 is 4.15. The molecule has 1 N–H and O–H groups in total. The van der Waals surface area contributed by atoms with Gasteiger partial charge in [-0.1, -0.05) is 13.0 Å². The monoisotopic (exact) mass is 233 g/mol. The minimum atomic E-state index is 0.431. The Hall–Kier alpha value is -1.77. The predicted octanol–water partition coefficient (Wildman–Crippen LogP) is 3.22. The number of nitrogens with one attached hydrogen (secondary N) is 1. The van der Waals surface area contributed by atoms with E-state index >= 15 is 0 Å². The van der Waals surface area contributed by atoms with Gasteiger partial charge in [-0.3, -0.25) is 4.79 Å². The van der Waals surface area contributed by atoms with E-state index < -0.39 is 0 Å². The third-order valence-electron chi connectivity index (χ3n) is 2.46. The first-order valence-corrected chi connectivity index (χ1v) is 5.84. The predicted molar refractivity (Wildman–Crippen MR) is 70.1 cm³/mol. The van der Waals surface area contributed by atoms with Crippen molar-refractivity contribution in [1.29, 1.82) is 0 Å². The molecule has 3 heteroatoms. The van der Waals surface area contributed by atoms with Gasteiger partial charge in [-0.2, -0.15) is 0 Å². The molecule has 0 bridgehead atoms. The van der Waals surface area contributed by atoms with E-state index in [2.05, 4.69) is 47.8 Å². The number of ether oxygens (including phenoxy) is 1. The van der Waals surface area contributed by atoms with Crippen LogP contribution < -0.4 is 0 Å². The van der Waals surface area contributed by atoms with Crippen LogP contribution in [-0.2, 0) is 16.0 Å². The molecule has 2 rings (SSSR count). The van der Waals surface area contributed by atoms with Gasteiger partial charge < -0.3 is 9.72 Å². The zero-order chi connectivity index (χ0) is 12.7.